The number of benzene rings is 1. The molecule has 0 fully saturated rings. The second-order valence-electron chi connectivity index (χ2n) is 4.40. The summed E-state index contributed by atoms with van der Waals surface area (Å²) >= 11 is 0. The Kier molecular flexibility index (Phi) is 3.84. The predicted octanol–water partition coefficient (Wildman–Crippen LogP) is 1.95. The van der Waals surface area contributed by atoms with E-state index in [1.165, 1.54) is 0 Å². The lowest BCUT2D eigenvalue weighted by molar-refractivity contribution is 0.0691. The van der Waals surface area contributed by atoms with Crippen LogP contribution in [-0.4, -0.2) is 21.0 Å². The van der Waals surface area contributed by atoms with Crippen molar-refractivity contribution in [1.29, 1.82) is 0 Å². The van der Waals surface area contributed by atoms with Crippen LogP contribution < -0.4 is 10.5 Å². The standard InChI is InChI=1S/C14H15N3O3/c1-8-4-3-5-10(6-8)20-7-11-12(13(18)19)9(2)16-14(15)17-11/h3-6H,7H2,1-2H3,(H,18,19)(H2,15,16,17). The van der Waals surface area contributed by atoms with Crippen molar-refractivity contribution in [2.45, 2.75) is 20.5 Å². The number of aryl methyl sites for hydroxylation is 2. The summed E-state index contributed by atoms with van der Waals surface area (Å²) in [7, 11) is 0. The van der Waals surface area contributed by atoms with E-state index in [1.54, 1.807) is 13.0 Å². The summed E-state index contributed by atoms with van der Waals surface area (Å²) in [6.07, 6.45) is 0. The summed E-state index contributed by atoms with van der Waals surface area (Å²) in [5, 5.41) is 9.20. The number of aromatic carboxylic acids is 1. The van der Waals surface area contributed by atoms with Crippen LogP contribution in [0.5, 0.6) is 5.75 Å². The highest BCUT2D eigenvalue weighted by Crippen LogP contribution is 2.17. The first-order chi connectivity index (χ1) is 9.47. The summed E-state index contributed by atoms with van der Waals surface area (Å²) in [4.78, 5) is 19.1. The maximum absolute atomic E-state index is 11.2. The van der Waals surface area contributed by atoms with E-state index >= 15 is 0 Å². The minimum Gasteiger partial charge on any atom is -0.487 e. The second-order valence-corrected chi connectivity index (χ2v) is 4.40. The zero-order valence-electron chi connectivity index (χ0n) is 11.3. The number of carboxylic acids is 1. The van der Waals surface area contributed by atoms with Gasteiger partial charge in [-0.25, -0.2) is 14.8 Å². The molecule has 0 radical (unpaired) electrons. The number of hydrogen-bond donors (Lipinski definition) is 2. The summed E-state index contributed by atoms with van der Waals surface area (Å²) in [6.45, 7) is 3.55. The molecule has 0 atom stereocenters. The number of carboxylic acid groups (broad SMARTS) is 1. The van der Waals surface area contributed by atoms with Crippen molar-refractivity contribution in [3.63, 3.8) is 0 Å². The van der Waals surface area contributed by atoms with Crippen molar-refractivity contribution in [2.24, 2.45) is 0 Å². The Morgan fingerprint density at radius 1 is 1.35 bits per heavy atom. The average molecular weight is 273 g/mol. The molecule has 6 nitrogen and oxygen atoms in total. The minimum absolute atomic E-state index is 0.0264. The molecule has 0 aliphatic rings. The fourth-order valence-electron chi connectivity index (χ4n) is 1.90. The second kappa shape index (κ2) is 5.56. The molecule has 2 rings (SSSR count). The van der Waals surface area contributed by atoms with Gasteiger partial charge in [0.2, 0.25) is 5.95 Å². The van der Waals surface area contributed by atoms with E-state index in [0.717, 1.165) is 5.56 Å². The van der Waals surface area contributed by atoms with Crippen LogP contribution in [0.15, 0.2) is 24.3 Å². The highest BCUT2D eigenvalue weighted by molar-refractivity contribution is 5.90. The molecule has 1 heterocycles. The van der Waals surface area contributed by atoms with Gasteiger partial charge in [0, 0.05) is 0 Å². The molecule has 6 heteroatoms. The number of carbonyl (C=O) groups is 1. The third kappa shape index (κ3) is 3.03. The Morgan fingerprint density at radius 3 is 2.75 bits per heavy atom. The molecule has 1 aromatic carbocycles. The van der Waals surface area contributed by atoms with E-state index in [0.29, 0.717) is 11.4 Å². The maximum Gasteiger partial charge on any atom is 0.339 e. The van der Waals surface area contributed by atoms with Crippen LogP contribution in [0.25, 0.3) is 0 Å². The van der Waals surface area contributed by atoms with Gasteiger partial charge in [-0.05, 0) is 31.5 Å². The first-order valence-electron chi connectivity index (χ1n) is 6.03. The molecule has 0 unspecified atom stereocenters. The molecular weight excluding hydrogens is 258 g/mol. The van der Waals surface area contributed by atoms with E-state index in [-0.39, 0.29) is 23.8 Å². The molecule has 1 aromatic heterocycles. The summed E-state index contributed by atoms with van der Waals surface area (Å²) in [5.41, 5.74) is 7.23. The van der Waals surface area contributed by atoms with Crippen LogP contribution in [0.2, 0.25) is 0 Å². The lowest BCUT2D eigenvalue weighted by atomic mass is 10.1. The first kappa shape index (κ1) is 13.8. The molecule has 0 bridgehead atoms. The molecular formula is C14H15N3O3. The smallest absolute Gasteiger partial charge is 0.339 e. The number of ether oxygens (including phenoxy) is 1. The monoisotopic (exact) mass is 273 g/mol. The van der Waals surface area contributed by atoms with Gasteiger partial charge < -0.3 is 15.6 Å². The predicted molar refractivity (Wildman–Crippen MR) is 73.7 cm³/mol. The number of aromatic nitrogens is 2. The highest BCUT2D eigenvalue weighted by atomic mass is 16.5. The number of nitrogens with zero attached hydrogens (tertiary/aromatic N) is 2. The van der Waals surface area contributed by atoms with E-state index in [9.17, 15) is 9.90 Å². The van der Waals surface area contributed by atoms with E-state index in [1.807, 2.05) is 25.1 Å². The summed E-state index contributed by atoms with van der Waals surface area (Å²) in [5.74, 6) is -0.406. The van der Waals surface area contributed by atoms with Crippen molar-refractivity contribution in [3.05, 3.63) is 46.8 Å². The molecule has 20 heavy (non-hydrogen) atoms. The maximum atomic E-state index is 11.2. The molecule has 0 aliphatic heterocycles. The van der Waals surface area contributed by atoms with Gasteiger partial charge in [-0.1, -0.05) is 12.1 Å². The lowest BCUT2D eigenvalue weighted by Gasteiger charge is -2.10. The molecule has 0 saturated heterocycles. The van der Waals surface area contributed by atoms with E-state index < -0.39 is 5.97 Å². The quantitative estimate of drug-likeness (QED) is 0.883. The molecule has 0 spiro atoms. The third-order valence-corrected chi connectivity index (χ3v) is 2.76. The minimum atomic E-state index is -1.09. The molecule has 0 saturated carbocycles. The summed E-state index contributed by atoms with van der Waals surface area (Å²) < 4.78 is 5.56. The van der Waals surface area contributed by atoms with Crippen molar-refractivity contribution < 1.29 is 14.6 Å². The fraction of sp³-hybridized carbons (Fsp3) is 0.214. The highest BCUT2D eigenvalue weighted by Gasteiger charge is 2.17. The molecule has 3 N–H and O–H groups in total. The van der Waals surface area contributed by atoms with Crippen molar-refractivity contribution in [1.82, 2.24) is 9.97 Å². The van der Waals surface area contributed by atoms with Gasteiger partial charge >= 0.3 is 5.97 Å². The van der Waals surface area contributed by atoms with Gasteiger partial charge in [0.1, 0.15) is 17.9 Å². The Morgan fingerprint density at radius 2 is 2.10 bits per heavy atom. The van der Waals surface area contributed by atoms with E-state index in [2.05, 4.69) is 9.97 Å². The van der Waals surface area contributed by atoms with Crippen molar-refractivity contribution in [2.75, 3.05) is 5.73 Å². The Hall–Kier alpha value is -2.63. The van der Waals surface area contributed by atoms with Gasteiger partial charge in [-0.3, -0.25) is 0 Å². The molecule has 0 amide bonds. The number of nitrogens with two attached hydrogens (primary N) is 1. The van der Waals surface area contributed by atoms with E-state index in [4.69, 9.17) is 10.5 Å². The van der Waals surface area contributed by atoms with Crippen LogP contribution >= 0.6 is 0 Å². The van der Waals surface area contributed by atoms with Crippen molar-refractivity contribution >= 4 is 11.9 Å². The average Bonchev–Trinajstić information content (AvgIpc) is 2.35. The van der Waals surface area contributed by atoms with Crippen LogP contribution in [0.4, 0.5) is 5.95 Å². The zero-order valence-corrected chi connectivity index (χ0v) is 11.3. The topological polar surface area (TPSA) is 98.3 Å². The lowest BCUT2D eigenvalue weighted by Crippen LogP contribution is -2.14. The van der Waals surface area contributed by atoms with Crippen LogP contribution in [0, 0.1) is 13.8 Å². The zero-order chi connectivity index (χ0) is 14.7. The van der Waals surface area contributed by atoms with Crippen LogP contribution in [0.1, 0.15) is 27.3 Å². The largest absolute Gasteiger partial charge is 0.487 e. The third-order valence-electron chi connectivity index (χ3n) is 2.76. The van der Waals surface area contributed by atoms with Crippen molar-refractivity contribution in [3.8, 4) is 5.75 Å². The summed E-state index contributed by atoms with van der Waals surface area (Å²) in [6, 6.07) is 7.47. The van der Waals surface area contributed by atoms with Gasteiger partial charge in [0.05, 0.1) is 11.4 Å². The van der Waals surface area contributed by atoms with Gasteiger partial charge in [0.25, 0.3) is 0 Å². The number of rotatable bonds is 4. The van der Waals surface area contributed by atoms with Crippen LogP contribution in [0.3, 0.4) is 0 Å². The van der Waals surface area contributed by atoms with Crippen LogP contribution in [-0.2, 0) is 6.61 Å². The number of anilines is 1. The Balaban J connectivity index is 2.27. The Bertz CT molecular complexity index is 656. The Labute approximate surface area is 116 Å². The van der Waals surface area contributed by atoms with Gasteiger partial charge in [-0.15, -0.1) is 0 Å². The number of hydrogen-bond acceptors (Lipinski definition) is 5. The first-order valence-corrected chi connectivity index (χ1v) is 6.03. The molecule has 104 valence electrons. The molecule has 2 aromatic rings. The van der Waals surface area contributed by atoms with Gasteiger partial charge in [-0.2, -0.15) is 0 Å². The molecule has 0 aliphatic carbocycles. The SMILES string of the molecule is Cc1cccc(OCc2nc(N)nc(C)c2C(=O)O)c1. The van der Waals surface area contributed by atoms with Gasteiger partial charge in [0.15, 0.2) is 0 Å². The number of nitrogen functional groups attached to an aromatic ring is 1. The normalized spacial score (nSPS) is 10.3. The fourth-order valence-corrected chi connectivity index (χ4v) is 1.90.